The van der Waals surface area contributed by atoms with Gasteiger partial charge in [0, 0.05) is 0 Å². The van der Waals surface area contributed by atoms with Crippen LogP contribution in [-0.4, -0.2) is 17.2 Å². The van der Waals surface area contributed by atoms with Crippen LogP contribution in [0.15, 0.2) is 30.3 Å². The first-order valence-electron chi connectivity index (χ1n) is 4.04. The van der Waals surface area contributed by atoms with Crippen LogP contribution in [0.1, 0.15) is 12.5 Å². The van der Waals surface area contributed by atoms with Crippen LogP contribution in [0, 0.1) is 6.92 Å². The minimum atomic E-state index is -1.12. The molecule has 0 saturated heterocycles. The zero-order valence-electron chi connectivity index (χ0n) is 7.57. The predicted octanol–water partition coefficient (Wildman–Crippen LogP) is 1.47. The Hall–Kier alpha value is -0.795. The van der Waals surface area contributed by atoms with Gasteiger partial charge in [-0.2, -0.15) is 0 Å². The van der Waals surface area contributed by atoms with Crippen molar-refractivity contribution in [2.75, 3.05) is 0 Å². The van der Waals surface area contributed by atoms with Crippen molar-refractivity contribution < 1.29 is 10.0 Å². The van der Waals surface area contributed by atoms with E-state index in [0.717, 1.165) is 0 Å². The standard InChI is InChI=1S/C7H8.C2H7BO2/c1-7-5-3-2-4-6-7;1-2-3(4)5/h2-6H,1H3;4-5H,2H2,1H3. The summed E-state index contributed by atoms with van der Waals surface area (Å²) in [7, 11) is -1.12. The molecule has 2 N–H and O–H groups in total. The van der Waals surface area contributed by atoms with Gasteiger partial charge >= 0.3 is 7.12 Å². The zero-order chi connectivity index (χ0) is 9.40. The quantitative estimate of drug-likeness (QED) is 0.620. The Kier molecular flexibility index (Phi) is 6.43. The molecule has 0 aliphatic heterocycles. The second-order valence-electron chi connectivity index (χ2n) is 2.54. The molecule has 0 fully saturated rings. The van der Waals surface area contributed by atoms with E-state index in [0.29, 0.717) is 6.32 Å². The van der Waals surface area contributed by atoms with Crippen LogP contribution in [0.5, 0.6) is 0 Å². The van der Waals surface area contributed by atoms with Crippen LogP contribution in [0.3, 0.4) is 0 Å². The van der Waals surface area contributed by atoms with Crippen molar-refractivity contribution in [2.24, 2.45) is 0 Å². The van der Waals surface area contributed by atoms with E-state index in [9.17, 15) is 0 Å². The van der Waals surface area contributed by atoms with Crippen LogP contribution in [0.25, 0.3) is 0 Å². The van der Waals surface area contributed by atoms with E-state index >= 15 is 0 Å². The maximum absolute atomic E-state index is 7.92. The SMILES string of the molecule is CCB(O)O.Cc1ccccc1. The summed E-state index contributed by atoms with van der Waals surface area (Å²) in [6.45, 7) is 3.78. The summed E-state index contributed by atoms with van der Waals surface area (Å²) in [6, 6.07) is 10.3. The number of rotatable bonds is 1. The molecule has 66 valence electrons. The smallest absolute Gasteiger partial charge is 0.427 e. The van der Waals surface area contributed by atoms with Gasteiger partial charge < -0.3 is 10.0 Å². The molecular formula is C9H15BO2. The highest BCUT2D eigenvalue weighted by molar-refractivity contribution is 6.40. The number of benzene rings is 1. The topological polar surface area (TPSA) is 40.5 Å². The highest BCUT2D eigenvalue weighted by Gasteiger charge is 1.96. The first-order chi connectivity index (χ1) is 5.66. The summed E-state index contributed by atoms with van der Waals surface area (Å²) >= 11 is 0. The third-order valence-corrected chi connectivity index (χ3v) is 1.31. The molecule has 0 unspecified atom stereocenters. The van der Waals surface area contributed by atoms with Gasteiger partial charge in [0.2, 0.25) is 0 Å². The lowest BCUT2D eigenvalue weighted by Gasteiger charge is -1.82. The third-order valence-electron chi connectivity index (χ3n) is 1.31. The van der Waals surface area contributed by atoms with E-state index in [1.807, 2.05) is 18.2 Å². The van der Waals surface area contributed by atoms with Crippen LogP contribution in [0.2, 0.25) is 6.32 Å². The highest BCUT2D eigenvalue weighted by Crippen LogP contribution is 1.92. The second-order valence-corrected chi connectivity index (χ2v) is 2.54. The second kappa shape index (κ2) is 6.89. The van der Waals surface area contributed by atoms with Gasteiger partial charge in [-0.1, -0.05) is 42.8 Å². The Bertz CT molecular complexity index is 187. The van der Waals surface area contributed by atoms with E-state index in [-0.39, 0.29) is 0 Å². The minimum absolute atomic E-state index is 0.417. The summed E-state index contributed by atoms with van der Waals surface area (Å²) in [6.07, 6.45) is 0.417. The lowest BCUT2D eigenvalue weighted by atomic mass is 9.88. The lowest BCUT2D eigenvalue weighted by molar-refractivity contribution is 0.408. The van der Waals surface area contributed by atoms with Gasteiger partial charge in [-0.15, -0.1) is 0 Å². The average molecular weight is 166 g/mol. The molecule has 1 aromatic carbocycles. The maximum Gasteiger partial charge on any atom is 0.451 e. The Morgan fingerprint density at radius 3 is 1.75 bits per heavy atom. The number of hydrogen-bond donors (Lipinski definition) is 2. The van der Waals surface area contributed by atoms with E-state index in [1.54, 1.807) is 6.92 Å². The molecule has 3 heteroatoms. The Morgan fingerprint density at radius 1 is 1.17 bits per heavy atom. The fourth-order valence-electron chi connectivity index (χ4n) is 0.534. The van der Waals surface area contributed by atoms with Gasteiger partial charge in [0.1, 0.15) is 0 Å². The van der Waals surface area contributed by atoms with Crippen molar-refractivity contribution in [3.8, 4) is 0 Å². The van der Waals surface area contributed by atoms with Crippen molar-refractivity contribution in [2.45, 2.75) is 20.2 Å². The van der Waals surface area contributed by atoms with E-state index in [1.165, 1.54) is 5.56 Å². The molecule has 0 aliphatic carbocycles. The lowest BCUT2D eigenvalue weighted by Crippen LogP contribution is -2.06. The van der Waals surface area contributed by atoms with Crippen molar-refractivity contribution in [3.63, 3.8) is 0 Å². The average Bonchev–Trinajstić information content (AvgIpc) is 2.07. The van der Waals surface area contributed by atoms with Gasteiger partial charge in [-0.25, -0.2) is 0 Å². The Balaban J connectivity index is 0.000000217. The van der Waals surface area contributed by atoms with E-state index < -0.39 is 7.12 Å². The molecule has 0 atom stereocenters. The summed E-state index contributed by atoms with van der Waals surface area (Å²) in [5, 5.41) is 15.8. The Labute approximate surface area is 74.0 Å². The van der Waals surface area contributed by atoms with Gasteiger partial charge in [0.15, 0.2) is 0 Å². The minimum Gasteiger partial charge on any atom is -0.427 e. The maximum atomic E-state index is 7.92. The summed E-state index contributed by atoms with van der Waals surface area (Å²) < 4.78 is 0. The normalized spacial score (nSPS) is 8.33. The van der Waals surface area contributed by atoms with Crippen LogP contribution >= 0.6 is 0 Å². The van der Waals surface area contributed by atoms with E-state index in [4.69, 9.17) is 10.0 Å². The molecule has 1 aromatic rings. The molecule has 0 spiro atoms. The number of aryl methyl sites for hydroxylation is 1. The first kappa shape index (κ1) is 11.2. The molecule has 0 amide bonds. The molecule has 0 radical (unpaired) electrons. The molecule has 0 aliphatic rings. The van der Waals surface area contributed by atoms with E-state index in [2.05, 4.69) is 19.1 Å². The molecule has 0 aromatic heterocycles. The fraction of sp³-hybridized carbons (Fsp3) is 0.333. The fourth-order valence-corrected chi connectivity index (χ4v) is 0.534. The van der Waals surface area contributed by atoms with Gasteiger partial charge in [0.25, 0.3) is 0 Å². The molecule has 12 heavy (non-hydrogen) atoms. The summed E-state index contributed by atoms with van der Waals surface area (Å²) in [4.78, 5) is 0. The van der Waals surface area contributed by atoms with Crippen LogP contribution in [-0.2, 0) is 0 Å². The van der Waals surface area contributed by atoms with Crippen LogP contribution < -0.4 is 0 Å². The van der Waals surface area contributed by atoms with Crippen LogP contribution in [0.4, 0.5) is 0 Å². The predicted molar refractivity (Wildman–Crippen MR) is 51.9 cm³/mol. The van der Waals surface area contributed by atoms with Gasteiger partial charge in [-0.3, -0.25) is 0 Å². The summed E-state index contributed by atoms with van der Waals surface area (Å²) in [5.74, 6) is 0. The first-order valence-corrected chi connectivity index (χ1v) is 4.04. The summed E-state index contributed by atoms with van der Waals surface area (Å²) in [5.41, 5.74) is 1.32. The molecule has 2 nitrogen and oxygen atoms in total. The largest absolute Gasteiger partial charge is 0.451 e. The highest BCUT2D eigenvalue weighted by atomic mass is 16.4. The van der Waals surface area contributed by atoms with Gasteiger partial charge in [0.05, 0.1) is 0 Å². The van der Waals surface area contributed by atoms with Crippen molar-refractivity contribution >= 4 is 7.12 Å². The van der Waals surface area contributed by atoms with Crippen molar-refractivity contribution in [1.29, 1.82) is 0 Å². The number of hydrogen-bond acceptors (Lipinski definition) is 2. The molecule has 0 bridgehead atoms. The molecule has 0 saturated carbocycles. The van der Waals surface area contributed by atoms with Gasteiger partial charge in [-0.05, 0) is 13.2 Å². The monoisotopic (exact) mass is 166 g/mol. The molecular weight excluding hydrogens is 151 g/mol. The van der Waals surface area contributed by atoms with Crippen molar-refractivity contribution in [1.82, 2.24) is 0 Å². The van der Waals surface area contributed by atoms with Crippen molar-refractivity contribution in [3.05, 3.63) is 35.9 Å². The Morgan fingerprint density at radius 2 is 1.58 bits per heavy atom. The third kappa shape index (κ3) is 7.31. The molecule has 1 rings (SSSR count). The molecule has 0 heterocycles. The zero-order valence-corrected chi connectivity index (χ0v) is 7.57.